The van der Waals surface area contributed by atoms with Crippen LogP contribution in [0.4, 0.5) is 4.79 Å². The molecule has 0 aromatic heterocycles. The third kappa shape index (κ3) is 3.40. The number of carboxylic acid groups (broad SMARTS) is 1. The highest BCUT2D eigenvalue weighted by Crippen LogP contribution is 2.38. The number of hydrogen-bond donors (Lipinski definition) is 2. The van der Waals surface area contributed by atoms with E-state index in [1.807, 2.05) is 0 Å². The van der Waals surface area contributed by atoms with Crippen molar-refractivity contribution >= 4 is 17.9 Å². The van der Waals surface area contributed by atoms with E-state index in [1.165, 1.54) is 16.8 Å². The molecular formula is C13H23N3O4. The van der Waals surface area contributed by atoms with Crippen LogP contribution in [0, 0.1) is 5.41 Å². The Balaban J connectivity index is 2.62. The van der Waals surface area contributed by atoms with Gasteiger partial charge in [-0.25, -0.2) is 4.79 Å². The Labute approximate surface area is 118 Å². The van der Waals surface area contributed by atoms with Gasteiger partial charge in [-0.15, -0.1) is 0 Å². The molecule has 114 valence electrons. The van der Waals surface area contributed by atoms with Crippen LogP contribution in [-0.4, -0.2) is 66.5 Å². The molecule has 3 amide bonds. The fourth-order valence-corrected chi connectivity index (χ4v) is 2.33. The molecule has 1 aliphatic rings. The van der Waals surface area contributed by atoms with Crippen LogP contribution in [0.25, 0.3) is 0 Å². The van der Waals surface area contributed by atoms with Crippen molar-refractivity contribution in [3.8, 4) is 0 Å². The van der Waals surface area contributed by atoms with Gasteiger partial charge in [0, 0.05) is 27.2 Å². The number of urea groups is 1. The average molecular weight is 285 g/mol. The van der Waals surface area contributed by atoms with Gasteiger partial charge in [-0.05, 0) is 19.8 Å². The lowest BCUT2D eigenvalue weighted by Gasteiger charge is -2.29. The minimum absolute atomic E-state index is 0.0324. The quantitative estimate of drug-likeness (QED) is 0.780. The van der Waals surface area contributed by atoms with Gasteiger partial charge in [-0.3, -0.25) is 9.59 Å². The zero-order valence-corrected chi connectivity index (χ0v) is 12.5. The van der Waals surface area contributed by atoms with Crippen LogP contribution in [-0.2, 0) is 9.59 Å². The van der Waals surface area contributed by atoms with Crippen LogP contribution < -0.4 is 5.32 Å². The molecular weight excluding hydrogens is 262 g/mol. The summed E-state index contributed by atoms with van der Waals surface area (Å²) in [5.74, 6) is -1.08. The molecule has 1 fully saturated rings. The van der Waals surface area contributed by atoms with E-state index in [1.54, 1.807) is 21.0 Å². The number of nitrogens with one attached hydrogen (secondary N) is 1. The fourth-order valence-electron chi connectivity index (χ4n) is 2.33. The van der Waals surface area contributed by atoms with Crippen LogP contribution in [0.3, 0.4) is 0 Å². The van der Waals surface area contributed by atoms with Crippen LogP contribution in [0.5, 0.6) is 0 Å². The first-order valence-corrected chi connectivity index (χ1v) is 6.63. The molecule has 2 atom stereocenters. The number of likely N-dealkylation sites (N-methyl/N-ethyl adjacent to an activating group) is 2. The number of rotatable bonds is 4. The summed E-state index contributed by atoms with van der Waals surface area (Å²) in [6.07, 6.45) is 1.96. The van der Waals surface area contributed by atoms with Gasteiger partial charge in [0.1, 0.15) is 6.54 Å². The van der Waals surface area contributed by atoms with Gasteiger partial charge in [0.2, 0.25) is 5.91 Å². The van der Waals surface area contributed by atoms with Gasteiger partial charge >= 0.3 is 12.0 Å². The average Bonchev–Trinajstić information content (AvgIpc) is 2.72. The highest BCUT2D eigenvalue weighted by atomic mass is 16.4. The molecule has 1 rings (SSSR count). The second-order valence-electron chi connectivity index (χ2n) is 5.76. The monoisotopic (exact) mass is 285 g/mol. The molecule has 0 heterocycles. The highest BCUT2D eigenvalue weighted by Gasteiger charge is 2.46. The highest BCUT2D eigenvalue weighted by molar-refractivity contribution is 5.84. The Kier molecular flexibility index (Phi) is 4.97. The Morgan fingerprint density at radius 3 is 2.40 bits per heavy atom. The maximum absolute atomic E-state index is 12.0. The van der Waals surface area contributed by atoms with Crippen LogP contribution in [0.15, 0.2) is 0 Å². The predicted molar refractivity (Wildman–Crippen MR) is 73.2 cm³/mol. The third-order valence-corrected chi connectivity index (χ3v) is 3.96. The summed E-state index contributed by atoms with van der Waals surface area (Å²) in [5.41, 5.74) is -0.929. The molecule has 0 aromatic rings. The lowest BCUT2D eigenvalue weighted by Crippen LogP contribution is -2.51. The second kappa shape index (κ2) is 6.11. The van der Waals surface area contributed by atoms with Crippen molar-refractivity contribution in [2.45, 2.75) is 32.2 Å². The number of carbonyl (C=O) groups excluding carboxylic acids is 2. The smallest absolute Gasteiger partial charge is 0.317 e. The SMILES string of the molecule is CN(C)C(=O)CN(C)C(=O)NC1CCCC1(C)C(=O)O. The lowest BCUT2D eigenvalue weighted by atomic mass is 9.85. The van der Waals surface area contributed by atoms with Crippen molar-refractivity contribution in [1.82, 2.24) is 15.1 Å². The molecule has 7 heteroatoms. The molecule has 2 unspecified atom stereocenters. The summed E-state index contributed by atoms with van der Waals surface area (Å²) in [6.45, 7) is 1.62. The molecule has 20 heavy (non-hydrogen) atoms. The third-order valence-electron chi connectivity index (χ3n) is 3.96. The maximum Gasteiger partial charge on any atom is 0.317 e. The Bertz CT molecular complexity index is 410. The van der Waals surface area contributed by atoms with Crippen LogP contribution in [0.1, 0.15) is 26.2 Å². The van der Waals surface area contributed by atoms with Crippen molar-refractivity contribution < 1.29 is 19.5 Å². The zero-order valence-electron chi connectivity index (χ0n) is 12.5. The van der Waals surface area contributed by atoms with E-state index < -0.39 is 23.5 Å². The maximum atomic E-state index is 12.0. The number of hydrogen-bond acceptors (Lipinski definition) is 3. The fraction of sp³-hybridized carbons (Fsp3) is 0.769. The Morgan fingerprint density at radius 2 is 1.90 bits per heavy atom. The van der Waals surface area contributed by atoms with Gasteiger partial charge in [0.05, 0.1) is 5.41 Å². The minimum Gasteiger partial charge on any atom is -0.481 e. The lowest BCUT2D eigenvalue weighted by molar-refractivity contribution is -0.148. The van der Waals surface area contributed by atoms with E-state index in [2.05, 4.69) is 5.32 Å². The second-order valence-corrected chi connectivity index (χ2v) is 5.76. The van der Waals surface area contributed by atoms with Gasteiger partial charge < -0.3 is 20.2 Å². The van der Waals surface area contributed by atoms with E-state index in [0.29, 0.717) is 12.8 Å². The minimum atomic E-state index is -0.929. The van der Waals surface area contributed by atoms with Gasteiger partial charge in [-0.2, -0.15) is 0 Å². The van der Waals surface area contributed by atoms with E-state index in [9.17, 15) is 19.5 Å². The number of nitrogens with zero attached hydrogens (tertiary/aromatic N) is 2. The summed E-state index contributed by atoms with van der Waals surface area (Å²) in [6, 6.07) is -0.816. The summed E-state index contributed by atoms with van der Waals surface area (Å²) < 4.78 is 0. The zero-order chi connectivity index (χ0) is 15.5. The standard InChI is InChI=1S/C13H23N3O4/c1-13(11(18)19)7-5-6-9(13)14-12(20)16(4)8-10(17)15(2)3/h9H,5-8H2,1-4H3,(H,14,20)(H,18,19). The summed E-state index contributed by atoms with van der Waals surface area (Å²) in [7, 11) is 4.75. The Morgan fingerprint density at radius 1 is 1.30 bits per heavy atom. The normalized spacial score (nSPS) is 25.1. The summed E-state index contributed by atoms with van der Waals surface area (Å²) in [4.78, 5) is 37.6. The van der Waals surface area contributed by atoms with Gasteiger partial charge in [-0.1, -0.05) is 6.42 Å². The first-order valence-electron chi connectivity index (χ1n) is 6.63. The summed E-state index contributed by atoms with van der Waals surface area (Å²) in [5, 5.41) is 12.0. The van der Waals surface area contributed by atoms with Crippen molar-refractivity contribution in [3.05, 3.63) is 0 Å². The molecule has 0 aromatic carbocycles. The molecule has 2 N–H and O–H groups in total. The molecule has 0 bridgehead atoms. The molecule has 1 aliphatic carbocycles. The first-order chi connectivity index (χ1) is 9.18. The largest absolute Gasteiger partial charge is 0.481 e. The van der Waals surface area contributed by atoms with E-state index >= 15 is 0 Å². The number of carbonyl (C=O) groups is 3. The molecule has 0 aliphatic heterocycles. The van der Waals surface area contributed by atoms with Crippen LogP contribution >= 0.6 is 0 Å². The predicted octanol–water partition coefficient (Wildman–Crippen LogP) is 0.359. The van der Waals surface area contributed by atoms with Gasteiger partial charge in [0.15, 0.2) is 0 Å². The van der Waals surface area contributed by atoms with E-state index in [0.717, 1.165) is 6.42 Å². The van der Waals surface area contributed by atoms with Crippen molar-refractivity contribution in [1.29, 1.82) is 0 Å². The summed E-state index contributed by atoms with van der Waals surface area (Å²) >= 11 is 0. The van der Waals surface area contributed by atoms with E-state index in [-0.39, 0.29) is 12.5 Å². The van der Waals surface area contributed by atoms with E-state index in [4.69, 9.17) is 0 Å². The van der Waals surface area contributed by atoms with Crippen molar-refractivity contribution in [2.75, 3.05) is 27.7 Å². The molecule has 0 radical (unpaired) electrons. The first kappa shape index (κ1) is 16.3. The van der Waals surface area contributed by atoms with Crippen molar-refractivity contribution in [2.24, 2.45) is 5.41 Å². The van der Waals surface area contributed by atoms with Gasteiger partial charge in [0.25, 0.3) is 0 Å². The van der Waals surface area contributed by atoms with Crippen LogP contribution in [0.2, 0.25) is 0 Å². The Hall–Kier alpha value is -1.79. The topological polar surface area (TPSA) is 90.0 Å². The molecule has 7 nitrogen and oxygen atoms in total. The van der Waals surface area contributed by atoms with Crippen molar-refractivity contribution in [3.63, 3.8) is 0 Å². The number of carboxylic acids is 1. The number of amides is 3. The molecule has 0 spiro atoms. The molecule has 1 saturated carbocycles. The number of aliphatic carboxylic acids is 1. The molecule has 0 saturated heterocycles.